The first-order valence-corrected chi connectivity index (χ1v) is 6.89. The molecule has 0 aliphatic rings. The molecule has 1 rings (SSSR count). The number of hydrogen-bond acceptors (Lipinski definition) is 3. The van der Waals surface area contributed by atoms with Crippen molar-refractivity contribution < 1.29 is 4.79 Å². The van der Waals surface area contributed by atoms with Crippen LogP contribution in [-0.2, 0) is 0 Å². The van der Waals surface area contributed by atoms with E-state index in [9.17, 15) is 4.79 Å². The van der Waals surface area contributed by atoms with Crippen LogP contribution in [0.2, 0.25) is 0 Å². The lowest BCUT2D eigenvalue weighted by atomic mass is 9.93. The third-order valence-electron chi connectivity index (χ3n) is 3.51. The first-order chi connectivity index (χ1) is 7.98. The Labute approximate surface area is 120 Å². The van der Waals surface area contributed by atoms with Gasteiger partial charge in [-0.2, -0.15) is 0 Å². The minimum absolute atomic E-state index is 0. The van der Waals surface area contributed by atoms with Crippen molar-refractivity contribution in [2.45, 2.75) is 46.1 Å². The molecule has 0 aromatic carbocycles. The SMILES string of the molecule is CCC(CC)(CN)NC(=O)c1cc(C)c(C)s1.Cl. The zero-order chi connectivity index (χ0) is 13.1. The van der Waals surface area contributed by atoms with Crippen LogP contribution in [0.1, 0.15) is 46.8 Å². The minimum Gasteiger partial charge on any atom is -0.345 e. The van der Waals surface area contributed by atoms with E-state index in [0.29, 0.717) is 6.54 Å². The number of nitrogens with one attached hydrogen (secondary N) is 1. The molecule has 1 amide bonds. The number of carbonyl (C=O) groups excluding carboxylic acids is 1. The van der Waals surface area contributed by atoms with Crippen LogP contribution in [0, 0.1) is 13.8 Å². The molecule has 0 aliphatic heterocycles. The summed E-state index contributed by atoms with van der Waals surface area (Å²) >= 11 is 1.54. The molecule has 0 saturated heterocycles. The molecule has 0 unspecified atom stereocenters. The summed E-state index contributed by atoms with van der Waals surface area (Å²) in [6.45, 7) is 8.66. The van der Waals surface area contributed by atoms with Crippen LogP contribution in [0.3, 0.4) is 0 Å². The maximum atomic E-state index is 12.1. The van der Waals surface area contributed by atoms with E-state index >= 15 is 0 Å². The maximum Gasteiger partial charge on any atom is 0.261 e. The largest absolute Gasteiger partial charge is 0.345 e. The molecule has 0 aliphatic carbocycles. The summed E-state index contributed by atoms with van der Waals surface area (Å²) in [4.78, 5) is 14.1. The Morgan fingerprint density at radius 1 is 1.39 bits per heavy atom. The Bertz CT molecular complexity index is 372. The van der Waals surface area contributed by atoms with Crippen molar-refractivity contribution in [1.82, 2.24) is 5.32 Å². The van der Waals surface area contributed by atoms with E-state index in [0.717, 1.165) is 17.7 Å². The highest BCUT2D eigenvalue weighted by atomic mass is 35.5. The molecule has 1 aromatic rings. The second-order valence-corrected chi connectivity index (χ2v) is 5.75. The van der Waals surface area contributed by atoms with Gasteiger partial charge in [-0.15, -0.1) is 23.7 Å². The van der Waals surface area contributed by atoms with Gasteiger partial charge in [0.15, 0.2) is 0 Å². The van der Waals surface area contributed by atoms with Gasteiger partial charge in [-0.25, -0.2) is 0 Å². The van der Waals surface area contributed by atoms with E-state index in [-0.39, 0.29) is 23.9 Å². The molecule has 0 saturated carbocycles. The van der Waals surface area contributed by atoms with Gasteiger partial charge in [0.1, 0.15) is 0 Å². The number of rotatable bonds is 5. The number of carbonyl (C=O) groups is 1. The lowest BCUT2D eigenvalue weighted by molar-refractivity contribution is 0.0899. The number of amides is 1. The molecule has 1 heterocycles. The monoisotopic (exact) mass is 290 g/mol. The lowest BCUT2D eigenvalue weighted by Crippen LogP contribution is -2.52. The molecular weight excluding hydrogens is 268 g/mol. The molecule has 5 heteroatoms. The van der Waals surface area contributed by atoms with E-state index < -0.39 is 0 Å². The second kappa shape index (κ2) is 7.12. The average Bonchev–Trinajstić information content (AvgIpc) is 2.67. The highest BCUT2D eigenvalue weighted by molar-refractivity contribution is 7.14. The van der Waals surface area contributed by atoms with Gasteiger partial charge in [0.25, 0.3) is 5.91 Å². The number of hydrogen-bond donors (Lipinski definition) is 2. The van der Waals surface area contributed by atoms with Crippen molar-refractivity contribution in [3.63, 3.8) is 0 Å². The Kier molecular flexibility index (Phi) is 6.89. The van der Waals surface area contributed by atoms with Gasteiger partial charge in [0.05, 0.1) is 10.4 Å². The minimum atomic E-state index is -0.261. The van der Waals surface area contributed by atoms with Crippen molar-refractivity contribution in [3.8, 4) is 0 Å². The third kappa shape index (κ3) is 3.70. The molecule has 0 atom stereocenters. The first-order valence-electron chi connectivity index (χ1n) is 6.07. The normalized spacial score (nSPS) is 10.9. The van der Waals surface area contributed by atoms with Gasteiger partial charge in [0.2, 0.25) is 0 Å². The predicted molar refractivity (Wildman–Crippen MR) is 80.9 cm³/mol. The van der Waals surface area contributed by atoms with Crippen molar-refractivity contribution in [3.05, 3.63) is 21.4 Å². The molecule has 0 fully saturated rings. The molecule has 0 radical (unpaired) electrons. The summed E-state index contributed by atoms with van der Waals surface area (Å²) in [7, 11) is 0. The van der Waals surface area contributed by atoms with Gasteiger partial charge in [-0.1, -0.05) is 13.8 Å². The summed E-state index contributed by atoms with van der Waals surface area (Å²) in [6.07, 6.45) is 1.71. The number of nitrogens with two attached hydrogens (primary N) is 1. The zero-order valence-electron chi connectivity index (χ0n) is 11.5. The van der Waals surface area contributed by atoms with Crippen LogP contribution in [-0.4, -0.2) is 18.0 Å². The highest BCUT2D eigenvalue weighted by Crippen LogP contribution is 2.22. The van der Waals surface area contributed by atoms with Crippen LogP contribution in [0.4, 0.5) is 0 Å². The fraction of sp³-hybridized carbons (Fsp3) is 0.615. The van der Waals surface area contributed by atoms with Crippen molar-refractivity contribution in [1.29, 1.82) is 0 Å². The molecular formula is C13H23ClN2OS. The quantitative estimate of drug-likeness (QED) is 0.876. The molecule has 0 bridgehead atoms. The van der Waals surface area contributed by atoms with Crippen LogP contribution in [0.25, 0.3) is 0 Å². The summed E-state index contributed by atoms with van der Waals surface area (Å²) in [5, 5.41) is 3.08. The maximum absolute atomic E-state index is 12.1. The van der Waals surface area contributed by atoms with Crippen molar-refractivity contribution in [2.75, 3.05) is 6.54 Å². The zero-order valence-corrected chi connectivity index (χ0v) is 13.1. The molecule has 1 aromatic heterocycles. The molecule has 3 nitrogen and oxygen atoms in total. The highest BCUT2D eigenvalue weighted by Gasteiger charge is 2.27. The van der Waals surface area contributed by atoms with Gasteiger partial charge in [-0.05, 0) is 38.3 Å². The Balaban J connectivity index is 0.00000289. The molecule has 3 N–H and O–H groups in total. The van der Waals surface area contributed by atoms with Crippen LogP contribution in [0.15, 0.2) is 6.07 Å². The van der Waals surface area contributed by atoms with Gasteiger partial charge in [-0.3, -0.25) is 4.79 Å². The lowest BCUT2D eigenvalue weighted by Gasteiger charge is -2.31. The third-order valence-corrected chi connectivity index (χ3v) is 4.66. The summed E-state index contributed by atoms with van der Waals surface area (Å²) in [5.74, 6) is 0.000324. The van der Waals surface area contributed by atoms with E-state index in [1.165, 1.54) is 10.4 Å². The van der Waals surface area contributed by atoms with E-state index in [1.54, 1.807) is 11.3 Å². The molecule has 0 spiro atoms. The van der Waals surface area contributed by atoms with E-state index in [4.69, 9.17) is 5.73 Å². The molecule has 104 valence electrons. The van der Waals surface area contributed by atoms with E-state index in [2.05, 4.69) is 19.2 Å². The fourth-order valence-corrected chi connectivity index (χ4v) is 2.68. The van der Waals surface area contributed by atoms with Crippen LogP contribution in [0.5, 0.6) is 0 Å². The first kappa shape index (κ1) is 17.4. The van der Waals surface area contributed by atoms with Crippen molar-refractivity contribution >= 4 is 29.7 Å². The van der Waals surface area contributed by atoms with Crippen LogP contribution < -0.4 is 11.1 Å². The number of halogens is 1. The summed E-state index contributed by atoms with van der Waals surface area (Å²) in [6, 6.07) is 1.95. The number of aryl methyl sites for hydroxylation is 2. The Morgan fingerprint density at radius 2 is 1.94 bits per heavy atom. The standard InChI is InChI=1S/C13H22N2OS.ClH/c1-5-13(6-2,8-14)15-12(16)11-7-9(3)10(4)17-11;/h7H,5-6,8,14H2,1-4H3,(H,15,16);1H. The fourth-order valence-electron chi connectivity index (χ4n) is 1.75. The van der Waals surface area contributed by atoms with E-state index in [1.807, 2.05) is 19.9 Å². The topological polar surface area (TPSA) is 55.1 Å². The molecule has 18 heavy (non-hydrogen) atoms. The summed E-state index contributed by atoms with van der Waals surface area (Å²) < 4.78 is 0. The predicted octanol–water partition coefficient (Wildman–Crippen LogP) is 3.03. The smallest absolute Gasteiger partial charge is 0.261 e. The second-order valence-electron chi connectivity index (χ2n) is 4.50. The Morgan fingerprint density at radius 3 is 2.28 bits per heavy atom. The van der Waals surface area contributed by atoms with Crippen molar-refractivity contribution in [2.24, 2.45) is 5.73 Å². The average molecular weight is 291 g/mol. The number of thiophene rings is 1. The Hall–Kier alpha value is -0.580. The summed E-state index contributed by atoms with van der Waals surface area (Å²) in [5.41, 5.74) is 6.69. The van der Waals surface area contributed by atoms with Gasteiger partial charge < -0.3 is 11.1 Å². The van der Waals surface area contributed by atoms with Gasteiger partial charge in [0, 0.05) is 11.4 Å². The van der Waals surface area contributed by atoms with Crippen LogP contribution >= 0.6 is 23.7 Å². The van der Waals surface area contributed by atoms with Gasteiger partial charge >= 0.3 is 0 Å².